The highest BCUT2D eigenvalue weighted by Gasteiger charge is 2.23. The first-order chi connectivity index (χ1) is 15.0. The molecule has 158 valence electrons. The van der Waals surface area contributed by atoms with Crippen molar-refractivity contribution in [3.63, 3.8) is 0 Å². The van der Waals surface area contributed by atoms with E-state index in [9.17, 15) is 13.5 Å². The zero-order valence-corrected chi connectivity index (χ0v) is 17.4. The molecule has 2 aromatic carbocycles. The number of nitrogens with one attached hydrogen (secondary N) is 1. The number of amides is 2. The van der Waals surface area contributed by atoms with Crippen LogP contribution in [0.15, 0.2) is 54.9 Å². The van der Waals surface area contributed by atoms with Gasteiger partial charge in [-0.3, -0.25) is 9.59 Å². The van der Waals surface area contributed by atoms with Crippen LogP contribution in [-0.2, 0) is 16.1 Å². The minimum Gasteiger partial charge on any atom is -0.383 e. The fourth-order valence-electron chi connectivity index (χ4n) is 3.46. The summed E-state index contributed by atoms with van der Waals surface area (Å²) in [5, 5.41) is 8.83. The van der Waals surface area contributed by atoms with E-state index in [0.717, 1.165) is 20.4 Å². The van der Waals surface area contributed by atoms with Crippen molar-refractivity contribution in [3.05, 3.63) is 60.4 Å². The van der Waals surface area contributed by atoms with E-state index in [0.29, 0.717) is 11.9 Å². The summed E-state index contributed by atoms with van der Waals surface area (Å²) in [5.41, 5.74) is 7.11. The molecule has 0 fully saturated rings. The van der Waals surface area contributed by atoms with Crippen LogP contribution in [0.3, 0.4) is 0 Å². The summed E-state index contributed by atoms with van der Waals surface area (Å²) in [4.78, 5) is 31.0. The molecule has 8 nitrogen and oxygen atoms in total. The minimum atomic E-state index is -0.855. The van der Waals surface area contributed by atoms with Gasteiger partial charge in [0.25, 0.3) is 0 Å². The molecule has 3 N–H and O–H groups in total. The number of carbonyl (C=O) groups is 2. The van der Waals surface area contributed by atoms with E-state index in [-0.39, 0.29) is 35.9 Å². The monoisotopic (exact) mass is 438 g/mol. The maximum atomic E-state index is 13.2. The van der Waals surface area contributed by atoms with Crippen LogP contribution >= 0.6 is 12.3 Å². The molecule has 0 atom stereocenters. The lowest BCUT2D eigenvalue weighted by atomic mass is 10.0. The van der Waals surface area contributed by atoms with Gasteiger partial charge in [0.15, 0.2) is 12.3 Å². The maximum Gasteiger partial charge on any atom is 0.314 e. The van der Waals surface area contributed by atoms with Crippen molar-refractivity contribution in [1.29, 1.82) is 0 Å². The molecule has 0 aliphatic rings. The molecule has 0 aliphatic heterocycles. The van der Waals surface area contributed by atoms with Gasteiger partial charge in [-0.15, -0.1) is 3.89 Å². The maximum absolute atomic E-state index is 13.2. The summed E-state index contributed by atoms with van der Waals surface area (Å²) in [6.45, 7) is 2.41. The standard InChI is InChI=1S/C21H19FN6O2S/c1-2-27(12-14-8-5-7-13-6-3-4-9-15(13)14)21(30)20(29)26-17-11-24-19(23)16-10-25-28(31-22)18(16)17/h3-11H,2,12H2,1H3,(H2,23,24)(H,26,29). The summed E-state index contributed by atoms with van der Waals surface area (Å²) in [7, 11) is 0. The van der Waals surface area contributed by atoms with Gasteiger partial charge in [0, 0.05) is 13.1 Å². The first kappa shape index (κ1) is 20.6. The van der Waals surface area contributed by atoms with Crippen molar-refractivity contribution in [2.45, 2.75) is 13.5 Å². The van der Waals surface area contributed by atoms with Gasteiger partial charge in [-0.1, -0.05) is 42.5 Å². The average Bonchev–Trinajstić information content (AvgIpc) is 3.24. The molecule has 0 spiro atoms. The van der Waals surface area contributed by atoms with E-state index in [1.165, 1.54) is 17.3 Å². The van der Waals surface area contributed by atoms with E-state index in [4.69, 9.17) is 5.73 Å². The smallest absolute Gasteiger partial charge is 0.314 e. The summed E-state index contributed by atoms with van der Waals surface area (Å²) < 4.78 is 14.2. The Kier molecular flexibility index (Phi) is 5.72. The number of pyridine rings is 1. The number of fused-ring (bicyclic) bond motifs is 2. The molecule has 2 heterocycles. The number of nitrogens with zero attached hydrogens (tertiary/aromatic N) is 4. The summed E-state index contributed by atoms with van der Waals surface area (Å²) >= 11 is -0.147. The Labute approximate surface area is 181 Å². The van der Waals surface area contributed by atoms with Gasteiger partial charge in [0.05, 0.1) is 23.5 Å². The number of rotatable bonds is 5. The lowest BCUT2D eigenvalue weighted by molar-refractivity contribution is -0.143. The molecule has 0 saturated carbocycles. The number of hydrogen-bond acceptors (Lipinski definition) is 6. The van der Waals surface area contributed by atoms with Crippen LogP contribution in [0.5, 0.6) is 0 Å². The number of likely N-dealkylation sites (N-methyl/N-ethyl adjacent to an activating group) is 1. The number of carbonyl (C=O) groups excluding carboxylic acids is 2. The molecule has 0 radical (unpaired) electrons. The third-order valence-corrected chi connectivity index (χ3v) is 5.43. The second kappa shape index (κ2) is 8.60. The fourth-order valence-corrected chi connectivity index (χ4v) is 3.81. The zero-order valence-electron chi connectivity index (χ0n) is 16.6. The van der Waals surface area contributed by atoms with Gasteiger partial charge in [-0.2, -0.15) is 9.19 Å². The van der Waals surface area contributed by atoms with Gasteiger partial charge in [0.2, 0.25) is 0 Å². The number of anilines is 2. The normalized spacial score (nSPS) is 11.0. The van der Waals surface area contributed by atoms with Crippen molar-refractivity contribution in [1.82, 2.24) is 19.1 Å². The number of nitrogens with two attached hydrogens (primary N) is 1. The molecule has 2 aromatic heterocycles. The highest BCUT2D eigenvalue weighted by atomic mass is 32.2. The molecule has 4 aromatic rings. The minimum absolute atomic E-state index is 0.144. The van der Waals surface area contributed by atoms with Crippen molar-refractivity contribution < 1.29 is 13.5 Å². The van der Waals surface area contributed by atoms with E-state index in [1.54, 1.807) is 6.92 Å². The Morgan fingerprint density at radius 3 is 2.71 bits per heavy atom. The Morgan fingerprint density at radius 2 is 1.94 bits per heavy atom. The van der Waals surface area contributed by atoms with E-state index in [1.807, 2.05) is 42.5 Å². The van der Waals surface area contributed by atoms with Crippen LogP contribution in [0.25, 0.3) is 21.7 Å². The van der Waals surface area contributed by atoms with Crippen molar-refractivity contribution in [2.24, 2.45) is 0 Å². The Balaban J connectivity index is 1.58. The van der Waals surface area contributed by atoms with Gasteiger partial charge < -0.3 is 16.0 Å². The van der Waals surface area contributed by atoms with Crippen molar-refractivity contribution >= 4 is 57.3 Å². The molecule has 2 amide bonds. The summed E-state index contributed by atoms with van der Waals surface area (Å²) in [6.07, 6.45) is 2.62. The highest BCUT2D eigenvalue weighted by molar-refractivity contribution is 7.92. The topological polar surface area (TPSA) is 106 Å². The lowest BCUT2D eigenvalue weighted by Crippen LogP contribution is -2.39. The van der Waals surface area contributed by atoms with Crippen LogP contribution in [-0.4, -0.2) is 37.4 Å². The summed E-state index contributed by atoms with van der Waals surface area (Å²) in [5.74, 6) is -1.42. The van der Waals surface area contributed by atoms with Gasteiger partial charge in [-0.25, -0.2) is 4.98 Å². The van der Waals surface area contributed by atoms with E-state index in [2.05, 4.69) is 15.4 Å². The Hall–Kier alpha value is -3.66. The molecular formula is C21H19FN6O2S. The van der Waals surface area contributed by atoms with E-state index < -0.39 is 11.8 Å². The van der Waals surface area contributed by atoms with Crippen LogP contribution in [0, 0.1) is 0 Å². The van der Waals surface area contributed by atoms with Crippen LogP contribution in [0.1, 0.15) is 12.5 Å². The zero-order chi connectivity index (χ0) is 22.0. The average molecular weight is 438 g/mol. The molecule has 0 unspecified atom stereocenters. The molecular weight excluding hydrogens is 419 g/mol. The number of nitrogen functional groups attached to an aromatic ring is 1. The molecule has 4 rings (SSSR count). The van der Waals surface area contributed by atoms with Gasteiger partial charge >= 0.3 is 11.8 Å². The second-order valence-corrected chi connectivity index (χ2v) is 7.30. The SMILES string of the molecule is CCN(Cc1cccc2ccccc12)C(=O)C(=O)Nc1cnc(N)c2cnn(SF)c12. The third-order valence-electron chi connectivity index (χ3n) is 5.02. The van der Waals surface area contributed by atoms with Crippen molar-refractivity contribution in [3.8, 4) is 0 Å². The number of hydrogen-bond donors (Lipinski definition) is 2. The quantitative estimate of drug-likeness (QED) is 0.462. The molecule has 31 heavy (non-hydrogen) atoms. The number of halogens is 1. The third kappa shape index (κ3) is 3.89. The van der Waals surface area contributed by atoms with Crippen LogP contribution < -0.4 is 11.1 Å². The molecule has 0 saturated heterocycles. The van der Waals surface area contributed by atoms with Gasteiger partial charge in [-0.05, 0) is 23.3 Å². The molecule has 10 heteroatoms. The van der Waals surface area contributed by atoms with E-state index >= 15 is 0 Å². The molecule has 0 bridgehead atoms. The predicted octanol–water partition coefficient (Wildman–Crippen LogP) is 3.53. The number of aromatic nitrogens is 3. The Bertz CT molecular complexity index is 1290. The highest BCUT2D eigenvalue weighted by Crippen LogP contribution is 2.29. The predicted molar refractivity (Wildman–Crippen MR) is 120 cm³/mol. The van der Waals surface area contributed by atoms with Crippen molar-refractivity contribution in [2.75, 3.05) is 17.6 Å². The second-order valence-electron chi connectivity index (χ2n) is 6.82. The fraction of sp³-hybridized carbons (Fsp3) is 0.143. The first-order valence-corrected chi connectivity index (χ1v) is 10.2. The van der Waals surface area contributed by atoms with Gasteiger partial charge in [0.1, 0.15) is 11.3 Å². The molecule has 0 aliphatic carbocycles. The van der Waals surface area contributed by atoms with Crippen LogP contribution in [0.2, 0.25) is 0 Å². The largest absolute Gasteiger partial charge is 0.383 e. The summed E-state index contributed by atoms with van der Waals surface area (Å²) in [6, 6.07) is 13.7. The number of benzene rings is 2. The Morgan fingerprint density at radius 1 is 1.16 bits per heavy atom. The lowest BCUT2D eigenvalue weighted by Gasteiger charge is -2.21. The van der Waals surface area contributed by atoms with Crippen LogP contribution in [0.4, 0.5) is 15.4 Å². The first-order valence-electron chi connectivity index (χ1n) is 9.51.